The number of hydrogen-bond donors (Lipinski definition) is 1. The van der Waals surface area contributed by atoms with E-state index in [1.54, 1.807) is 24.4 Å². The van der Waals surface area contributed by atoms with Crippen LogP contribution in [0, 0.1) is 11.8 Å². The predicted molar refractivity (Wildman–Crippen MR) is 114 cm³/mol. The Morgan fingerprint density at radius 3 is 3.03 bits per heavy atom. The number of esters is 1. The van der Waals surface area contributed by atoms with E-state index in [9.17, 15) is 9.90 Å². The van der Waals surface area contributed by atoms with Gasteiger partial charge in [0.25, 0.3) is 0 Å². The first kappa shape index (κ1) is 19.3. The number of piperidine rings is 1. The number of aromatic nitrogens is 1. The molecule has 4 aliphatic rings. The van der Waals surface area contributed by atoms with Crippen LogP contribution in [0.25, 0.3) is 0 Å². The summed E-state index contributed by atoms with van der Waals surface area (Å²) in [5.74, 6) is 1.53. The second-order valence-electron chi connectivity index (χ2n) is 9.66. The Bertz CT molecular complexity index is 1010. The van der Waals surface area contributed by atoms with E-state index in [1.165, 1.54) is 25.6 Å². The number of fused-ring (bicyclic) bond motifs is 1. The van der Waals surface area contributed by atoms with Crippen LogP contribution < -0.4 is 4.74 Å². The number of hydrogen-bond acceptors (Lipinski definition) is 6. The SMILES string of the molecule is O=C(Oc1cc(O)c2c(c1)[C@]13CCN(CC4CC4)[C@H](C2)[C@@H]1CCOC3)c1cccnc1. The predicted octanol–water partition coefficient (Wildman–Crippen LogP) is 3.32. The lowest BCUT2D eigenvalue weighted by molar-refractivity contribution is -0.0841. The van der Waals surface area contributed by atoms with Crippen molar-refractivity contribution in [3.05, 3.63) is 53.3 Å². The zero-order valence-electron chi connectivity index (χ0n) is 17.6. The molecule has 1 saturated carbocycles. The maximum atomic E-state index is 12.6. The molecule has 3 atom stereocenters. The molecule has 3 heterocycles. The van der Waals surface area contributed by atoms with Gasteiger partial charge >= 0.3 is 5.97 Å². The number of carbonyl (C=O) groups is 1. The molecule has 6 nitrogen and oxygen atoms in total. The zero-order valence-corrected chi connectivity index (χ0v) is 17.6. The van der Waals surface area contributed by atoms with E-state index in [0.717, 1.165) is 49.5 Å². The van der Waals surface area contributed by atoms with Crippen molar-refractivity contribution in [2.45, 2.75) is 43.6 Å². The van der Waals surface area contributed by atoms with Crippen molar-refractivity contribution in [1.82, 2.24) is 9.88 Å². The maximum Gasteiger partial charge on any atom is 0.345 e. The molecule has 31 heavy (non-hydrogen) atoms. The Hall–Kier alpha value is -2.44. The first-order valence-corrected chi connectivity index (χ1v) is 11.4. The number of ether oxygens (including phenoxy) is 2. The summed E-state index contributed by atoms with van der Waals surface area (Å²) in [5, 5.41) is 11.0. The van der Waals surface area contributed by atoms with Gasteiger partial charge in [-0.15, -0.1) is 0 Å². The fourth-order valence-electron chi connectivity index (χ4n) is 6.18. The van der Waals surface area contributed by atoms with Crippen molar-refractivity contribution >= 4 is 5.97 Å². The van der Waals surface area contributed by atoms with Gasteiger partial charge in [0, 0.05) is 43.1 Å². The Balaban J connectivity index is 1.36. The lowest BCUT2D eigenvalue weighted by Gasteiger charge is -2.58. The molecule has 2 saturated heterocycles. The van der Waals surface area contributed by atoms with Gasteiger partial charge in [0.05, 0.1) is 12.2 Å². The molecule has 0 amide bonds. The molecule has 2 aliphatic heterocycles. The standard InChI is InChI=1S/C25H28N2O4/c28-23-11-18(31-24(29)17-2-1-7-26-13-17)10-21-19(23)12-22-20-5-9-30-15-25(20,21)6-8-27(22)14-16-3-4-16/h1-2,7,10-11,13,16,20,22,28H,3-6,8-9,12,14-15H2/t20-,22+,25-/m0/s1. The van der Waals surface area contributed by atoms with Crippen LogP contribution in [-0.2, 0) is 16.6 Å². The quantitative estimate of drug-likeness (QED) is 0.604. The van der Waals surface area contributed by atoms with Crippen LogP contribution in [0.15, 0.2) is 36.7 Å². The fraction of sp³-hybridized carbons (Fsp3) is 0.520. The van der Waals surface area contributed by atoms with Crippen LogP contribution >= 0.6 is 0 Å². The minimum Gasteiger partial charge on any atom is -0.508 e. The van der Waals surface area contributed by atoms with Crippen molar-refractivity contribution in [3.8, 4) is 11.5 Å². The smallest absolute Gasteiger partial charge is 0.345 e. The molecule has 6 heteroatoms. The van der Waals surface area contributed by atoms with Gasteiger partial charge in [-0.1, -0.05) is 0 Å². The largest absolute Gasteiger partial charge is 0.508 e. The number of carbonyl (C=O) groups excluding carboxylic acids is 1. The normalized spacial score (nSPS) is 29.7. The molecule has 1 N–H and O–H groups in total. The lowest BCUT2D eigenvalue weighted by atomic mass is 9.56. The minimum atomic E-state index is -0.464. The summed E-state index contributed by atoms with van der Waals surface area (Å²) in [4.78, 5) is 19.2. The van der Waals surface area contributed by atoms with Gasteiger partial charge in [-0.3, -0.25) is 9.88 Å². The van der Waals surface area contributed by atoms with Crippen molar-refractivity contribution in [2.75, 3.05) is 26.3 Å². The third kappa shape index (κ3) is 3.24. The third-order valence-electron chi connectivity index (χ3n) is 7.87. The molecular weight excluding hydrogens is 392 g/mol. The molecule has 162 valence electrons. The summed E-state index contributed by atoms with van der Waals surface area (Å²) in [7, 11) is 0. The number of nitrogens with zero attached hydrogens (tertiary/aromatic N) is 2. The highest BCUT2D eigenvalue weighted by Gasteiger charge is 2.55. The van der Waals surface area contributed by atoms with Gasteiger partial charge < -0.3 is 14.6 Å². The molecule has 2 bridgehead atoms. The maximum absolute atomic E-state index is 12.6. The van der Waals surface area contributed by atoms with Crippen LogP contribution in [0.1, 0.15) is 47.2 Å². The van der Waals surface area contributed by atoms with Crippen LogP contribution in [0.5, 0.6) is 11.5 Å². The lowest BCUT2D eigenvalue weighted by Crippen LogP contribution is -2.63. The minimum absolute atomic E-state index is 0.106. The third-order valence-corrected chi connectivity index (χ3v) is 7.87. The number of pyridine rings is 1. The Morgan fingerprint density at radius 2 is 2.23 bits per heavy atom. The molecule has 0 spiro atoms. The average molecular weight is 421 g/mol. The van der Waals surface area contributed by atoms with E-state index >= 15 is 0 Å². The van der Waals surface area contributed by atoms with E-state index < -0.39 is 5.97 Å². The molecule has 2 aliphatic carbocycles. The molecule has 0 unspecified atom stereocenters. The van der Waals surface area contributed by atoms with Gasteiger partial charge in [0.2, 0.25) is 0 Å². The molecule has 3 fully saturated rings. The number of rotatable bonds is 4. The number of phenolic OH excluding ortho intramolecular Hbond substituents is 1. The Kier molecular flexibility index (Phi) is 4.54. The molecule has 6 rings (SSSR count). The van der Waals surface area contributed by atoms with Crippen LogP contribution in [0.2, 0.25) is 0 Å². The number of phenols is 1. The zero-order chi connectivity index (χ0) is 21.0. The molecule has 1 aromatic carbocycles. The number of likely N-dealkylation sites (tertiary alicyclic amines) is 1. The van der Waals surface area contributed by atoms with Crippen molar-refractivity contribution in [2.24, 2.45) is 11.8 Å². The van der Waals surface area contributed by atoms with E-state index in [1.807, 2.05) is 6.07 Å². The van der Waals surface area contributed by atoms with Gasteiger partial charge in [0.15, 0.2) is 0 Å². The van der Waals surface area contributed by atoms with Gasteiger partial charge in [0.1, 0.15) is 11.5 Å². The molecule has 0 radical (unpaired) electrons. The monoisotopic (exact) mass is 420 g/mol. The number of benzene rings is 1. The van der Waals surface area contributed by atoms with Gasteiger partial charge in [-0.05, 0) is 79.8 Å². The average Bonchev–Trinajstić information content (AvgIpc) is 3.61. The molecule has 2 aromatic rings. The number of aromatic hydroxyl groups is 1. The summed E-state index contributed by atoms with van der Waals surface area (Å²) >= 11 is 0. The van der Waals surface area contributed by atoms with E-state index in [-0.39, 0.29) is 11.2 Å². The summed E-state index contributed by atoms with van der Waals surface area (Å²) in [6, 6.07) is 7.42. The van der Waals surface area contributed by atoms with Crippen molar-refractivity contribution in [3.63, 3.8) is 0 Å². The van der Waals surface area contributed by atoms with Crippen molar-refractivity contribution in [1.29, 1.82) is 0 Å². The Morgan fingerprint density at radius 1 is 1.32 bits per heavy atom. The first-order chi connectivity index (χ1) is 15.1. The van der Waals surface area contributed by atoms with Crippen LogP contribution in [0.3, 0.4) is 0 Å². The highest BCUT2D eigenvalue weighted by atomic mass is 16.5. The second-order valence-corrected chi connectivity index (χ2v) is 9.66. The summed E-state index contributed by atoms with van der Waals surface area (Å²) in [5.41, 5.74) is 2.41. The highest BCUT2D eigenvalue weighted by molar-refractivity contribution is 5.90. The second kappa shape index (κ2) is 7.31. The van der Waals surface area contributed by atoms with Crippen LogP contribution in [0.4, 0.5) is 0 Å². The van der Waals surface area contributed by atoms with E-state index in [0.29, 0.717) is 29.9 Å². The fourth-order valence-corrected chi connectivity index (χ4v) is 6.18. The molecular formula is C25H28N2O4. The Labute approximate surface area is 182 Å². The summed E-state index contributed by atoms with van der Waals surface area (Å²) < 4.78 is 11.7. The topological polar surface area (TPSA) is 71.9 Å². The first-order valence-electron chi connectivity index (χ1n) is 11.4. The summed E-state index contributed by atoms with van der Waals surface area (Å²) in [6.45, 7) is 3.74. The van der Waals surface area contributed by atoms with Gasteiger partial charge in [-0.2, -0.15) is 0 Å². The van der Waals surface area contributed by atoms with Crippen molar-refractivity contribution < 1.29 is 19.4 Å². The highest BCUT2D eigenvalue weighted by Crippen LogP contribution is 2.55. The van der Waals surface area contributed by atoms with Crippen LogP contribution in [-0.4, -0.2) is 53.3 Å². The van der Waals surface area contributed by atoms with Gasteiger partial charge in [-0.25, -0.2) is 4.79 Å². The van der Waals surface area contributed by atoms with E-state index in [4.69, 9.17) is 9.47 Å². The van der Waals surface area contributed by atoms with E-state index in [2.05, 4.69) is 9.88 Å². The summed E-state index contributed by atoms with van der Waals surface area (Å²) in [6.07, 6.45) is 8.75. The molecule has 1 aromatic heterocycles.